The van der Waals surface area contributed by atoms with Gasteiger partial charge in [0.2, 0.25) is 0 Å². The Morgan fingerprint density at radius 1 is 0.889 bits per heavy atom. The molecule has 36 heavy (non-hydrogen) atoms. The molecule has 0 saturated heterocycles. The van der Waals surface area contributed by atoms with Gasteiger partial charge in [0.05, 0.1) is 11.6 Å². The summed E-state index contributed by atoms with van der Waals surface area (Å²) in [6.07, 6.45) is 1.19. The number of hydrogen-bond donors (Lipinski definition) is 1. The number of Topliss-reactive ketones (excluding diaryl/α,β-unsaturated/α-hetero) is 1. The van der Waals surface area contributed by atoms with E-state index in [-0.39, 0.29) is 35.6 Å². The number of rotatable bonds is 8. The molecule has 1 aliphatic rings. The molecule has 1 atom stereocenters. The highest BCUT2D eigenvalue weighted by molar-refractivity contribution is 6.09. The van der Waals surface area contributed by atoms with Crippen LogP contribution in [0.3, 0.4) is 0 Å². The van der Waals surface area contributed by atoms with Gasteiger partial charge in [0.15, 0.2) is 11.5 Å². The van der Waals surface area contributed by atoms with Gasteiger partial charge in [0, 0.05) is 13.0 Å². The van der Waals surface area contributed by atoms with E-state index in [1.165, 1.54) is 12.1 Å². The van der Waals surface area contributed by atoms with Crippen LogP contribution in [0.25, 0.3) is 0 Å². The fourth-order valence-electron chi connectivity index (χ4n) is 4.62. The van der Waals surface area contributed by atoms with Gasteiger partial charge in [-0.1, -0.05) is 87.5 Å². The van der Waals surface area contributed by atoms with E-state index < -0.39 is 17.7 Å². The summed E-state index contributed by atoms with van der Waals surface area (Å²) in [6.45, 7) is 6.66. The second kappa shape index (κ2) is 10.5. The highest BCUT2D eigenvalue weighted by Gasteiger charge is 2.43. The minimum absolute atomic E-state index is 0.0430. The molecular formula is C31H32FNO3. The van der Waals surface area contributed by atoms with Crippen LogP contribution in [-0.2, 0) is 27.8 Å². The fraction of sp³-hybridized carbons (Fsp3) is 0.290. The van der Waals surface area contributed by atoms with Crippen LogP contribution in [-0.4, -0.2) is 28.2 Å². The molecule has 3 aromatic rings. The lowest BCUT2D eigenvalue weighted by Gasteiger charge is -2.28. The molecule has 0 fully saturated rings. The zero-order chi connectivity index (χ0) is 25.9. The molecule has 0 aromatic heterocycles. The lowest BCUT2D eigenvalue weighted by atomic mass is 9.85. The Bertz CT molecular complexity index is 1260. The minimum Gasteiger partial charge on any atom is -0.503 e. The summed E-state index contributed by atoms with van der Waals surface area (Å²) in [5.74, 6) is -1.58. The number of halogens is 1. The van der Waals surface area contributed by atoms with Crippen LogP contribution >= 0.6 is 0 Å². The molecule has 1 heterocycles. The highest BCUT2D eigenvalue weighted by atomic mass is 19.1. The molecule has 1 aliphatic heterocycles. The Balaban J connectivity index is 1.63. The fourth-order valence-corrected chi connectivity index (χ4v) is 4.62. The number of aliphatic hydroxyl groups excluding tert-OH is 1. The third kappa shape index (κ3) is 5.56. The molecule has 1 unspecified atom stereocenters. The molecule has 1 amide bonds. The van der Waals surface area contributed by atoms with Gasteiger partial charge in [-0.05, 0) is 52.6 Å². The van der Waals surface area contributed by atoms with Crippen LogP contribution in [0.1, 0.15) is 55.5 Å². The summed E-state index contributed by atoms with van der Waals surface area (Å²) in [5.41, 5.74) is 3.92. The lowest BCUT2D eigenvalue weighted by molar-refractivity contribution is -0.129. The van der Waals surface area contributed by atoms with E-state index in [1.54, 1.807) is 17.0 Å². The number of aryl methyl sites for hydroxylation is 1. The van der Waals surface area contributed by atoms with Crippen LogP contribution in [0.2, 0.25) is 0 Å². The zero-order valence-electron chi connectivity index (χ0n) is 21.0. The van der Waals surface area contributed by atoms with Gasteiger partial charge in [-0.3, -0.25) is 9.59 Å². The van der Waals surface area contributed by atoms with Crippen LogP contribution < -0.4 is 0 Å². The summed E-state index contributed by atoms with van der Waals surface area (Å²) in [7, 11) is 0. The highest BCUT2D eigenvalue weighted by Crippen LogP contribution is 2.39. The van der Waals surface area contributed by atoms with E-state index in [0.29, 0.717) is 12.8 Å². The number of nitrogens with zero attached hydrogens (tertiary/aromatic N) is 1. The molecule has 0 spiro atoms. The van der Waals surface area contributed by atoms with Crippen molar-refractivity contribution in [3.05, 3.63) is 118 Å². The molecule has 5 heteroatoms. The number of hydrogen-bond acceptors (Lipinski definition) is 3. The summed E-state index contributed by atoms with van der Waals surface area (Å²) in [5, 5.41) is 10.9. The first-order valence-corrected chi connectivity index (χ1v) is 12.3. The monoisotopic (exact) mass is 485 g/mol. The number of benzene rings is 3. The van der Waals surface area contributed by atoms with Crippen LogP contribution in [0.5, 0.6) is 0 Å². The molecule has 1 N–H and O–H groups in total. The van der Waals surface area contributed by atoms with E-state index in [4.69, 9.17) is 0 Å². The third-order valence-electron chi connectivity index (χ3n) is 6.73. The van der Waals surface area contributed by atoms with Crippen LogP contribution in [0.15, 0.2) is 90.2 Å². The van der Waals surface area contributed by atoms with Gasteiger partial charge >= 0.3 is 0 Å². The Morgan fingerprint density at radius 3 is 2.11 bits per heavy atom. The van der Waals surface area contributed by atoms with E-state index in [2.05, 4.69) is 20.8 Å². The molecule has 0 radical (unpaired) electrons. The standard InChI is InChI=1S/C31H32FNO3/c1-31(2,3)24-14-12-23(13-15-24)28-27(26(34)18-11-21-7-5-4-6-8-21)29(35)30(36)33(28)20-19-22-9-16-25(32)17-10-22/h4-10,12-17,28,35H,11,18-20H2,1-3H3. The third-order valence-corrected chi connectivity index (χ3v) is 6.73. The molecule has 186 valence electrons. The molecule has 0 aliphatic carbocycles. The first kappa shape index (κ1) is 25.4. The smallest absolute Gasteiger partial charge is 0.290 e. The second-order valence-corrected chi connectivity index (χ2v) is 10.3. The topological polar surface area (TPSA) is 57.6 Å². The zero-order valence-corrected chi connectivity index (χ0v) is 21.0. The maximum Gasteiger partial charge on any atom is 0.290 e. The Hall–Kier alpha value is -3.73. The average molecular weight is 486 g/mol. The Kier molecular flexibility index (Phi) is 7.39. The lowest BCUT2D eigenvalue weighted by Crippen LogP contribution is -2.33. The number of aliphatic hydroxyl groups is 1. The summed E-state index contributed by atoms with van der Waals surface area (Å²) >= 11 is 0. The Labute approximate surface area is 212 Å². The van der Waals surface area contributed by atoms with Crippen molar-refractivity contribution in [1.82, 2.24) is 4.90 Å². The van der Waals surface area contributed by atoms with Gasteiger partial charge in [-0.2, -0.15) is 0 Å². The van der Waals surface area contributed by atoms with Crippen molar-refractivity contribution in [2.24, 2.45) is 0 Å². The van der Waals surface area contributed by atoms with Crippen molar-refractivity contribution in [2.45, 2.75) is 51.5 Å². The normalized spacial score (nSPS) is 16.1. The van der Waals surface area contributed by atoms with E-state index in [9.17, 15) is 19.1 Å². The summed E-state index contributed by atoms with van der Waals surface area (Å²) in [6, 6.07) is 23.1. The molecule has 3 aromatic carbocycles. The average Bonchev–Trinajstić information content (AvgIpc) is 3.12. The molecule has 4 nitrogen and oxygen atoms in total. The quantitative estimate of drug-likeness (QED) is 0.410. The molecule has 0 bridgehead atoms. The maximum atomic E-state index is 13.4. The van der Waals surface area contributed by atoms with Crippen molar-refractivity contribution < 1.29 is 19.1 Å². The van der Waals surface area contributed by atoms with Crippen molar-refractivity contribution in [2.75, 3.05) is 6.54 Å². The van der Waals surface area contributed by atoms with Crippen LogP contribution in [0.4, 0.5) is 4.39 Å². The van der Waals surface area contributed by atoms with E-state index >= 15 is 0 Å². The van der Waals surface area contributed by atoms with Gasteiger partial charge in [-0.25, -0.2) is 4.39 Å². The van der Waals surface area contributed by atoms with Crippen molar-refractivity contribution in [1.29, 1.82) is 0 Å². The molecule has 0 saturated carbocycles. The Morgan fingerprint density at radius 2 is 1.50 bits per heavy atom. The first-order chi connectivity index (χ1) is 17.1. The predicted molar refractivity (Wildman–Crippen MR) is 139 cm³/mol. The van der Waals surface area contributed by atoms with Crippen molar-refractivity contribution in [3.8, 4) is 0 Å². The van der Waals surface area contributed by atoms with Crippen molar-refractivity contribution >= 4 is 11.7 Å². The second-order valence-electron chi connectivity index (χ2n) is 10.3. The van der Waals surface area contributed by atoms with Crippen LogP contribution in [0, 0.1) is 5.82 Å². The largest absolute Gasteiger partial charge is 0.503 e. The number of carbonyl (C=O) groups is 2. The minimum atomic E-state index is -0.671. The molecular weight excluding hydrogens is 453 g/mol. The van der Waals surface area contributed by atoms with Gasteiger partial charge in [-0.15, -0.1) is 0 Å². The molecule has 4 rings (SSSR count). The van der Waals surface area contributed by atoms with E-state index in [0.717, 1.165) is 22.3 Å². The van der Waals surface area contributed by atoms with E-state index in [1.807, 2.05) is 54.6 Å². The first-order valence-electron chi connectivity index (χ1n) is 12.3. The SMILES string of the molecule is CC(C)(C)c1ccc(C2C(C(=O)CCc3ccccc3)=C(O)C(=O)N2CCc2ccc(F)cc2)cc1. The van der Waals surface area contributed by atoms with Gasteiger partial charge in [0.1, 0.15) is 5.82 Å². The van der Waals surface area contributed by atoms with Gasteiger partial charge < -0.3 is 10.0 Å². The number of amides is 1. The number of ketones is 1. The predicted octanol–water partition coefficient (Wildman–Crippen LogP) is 6.26. The number of carbonyl (C=O) groups excluding carboxylic acids is 2. The maximum absolute atomic E-state index is 13.4. The summed E-state index contributed by atoms with van der Waals surface area (Å²) < 4.78 is 13.3. The van der Waals surface area contributed by atoms with Crippen molar-refractivity contribution in [3.63, 3.8) is 0 Å². The van der Waals surface area contributed by atoms with Gasteiger partial charge in [0.25, 0.3) is 5.91 Å². The summed E-state index contributed by atoms with van der Waals surface area (Å²) in [4.78, 5) is 28.1.